The van der Waals surface area contributed by atoms with Crippen molar-refractivity contribution >= 4 is 23.4 Å². The lowest BCUT2D eigenvalue weighted by Gasteiger charge is -2.18. The predicted molar refractivity (Wildman–Crippen MR) is 85.5 cm³/mol. The zero-order valence-corrected chi connectivity index (χ0v) is 13.4. The maximum Gasteiger partial charge on any atom is 0.251 e. The number of hydrogen-bond donors (Lipinski definition) is 3. The first-order valence-electron chi connectivity index (χ1n) is 7.14. The van der Waals surface area contributed by atoms with Crippen LogP contribution in [0.3, 0.4) is 0 Å². The molecule has 0 aliphatic carbocycles. The van der Waals surface area contributed by atoms with Gasteiger partial charge in [0.15, 0.2) is 0 Å². The topological polar surface area (TPSA) is 87.3 Å². The standard InChI is InChI=1S/C16H23N3O3/c1-11(20)17-8-9-18-14(21)12-6-5-7-13(10-12)19-15(22)16(2,3)4/h5-7,10H,8-9H2,1-4H3,(H,17,20)(H,18,21)(H,19,22). The van der Waals surface area contributed by atoms with Crippen LogP contribution in [0.4, 0.5) is 5.69 Å². The van der Waals surface area contributed by atoms with Crippen molar-refractivity contribution in [3.05, 3.63) is 29.8 Å². The van der Waals surface area contributed by atoms with Crippen molar-refractivity contribution in [2.45, 2.75) is 27.7 Å². The van der Waals surface area contributed by atoms with Crippen LogP contribution < -0.4 is 16.0 Å². The molecular weight excluding hydrogens is 282 g/mol. The fourth-order valence-electron chi connectivity index (χ4n) is 1.57. The van der Waals surface area contributed by atoms with Crippen LogP contribution >= 0.6 is 0 Å². The third-order valence-corrected chi connectivity index (χ3v) is 2.85. The summed E-state index contributed by atoms with van der Waals surface area (Å²) in [6.07, 6.45) is 0. The van der Waals surface area contributed by atoms with Crippen molar-refractivity contribution in [1.82, 2.24) is 10.6 Å². The summed E-state index contributed by atoms with van der Waals surface area (Å²) in [5.41, 5.74) is 0.528. The maximum atomic E-state index is 12.0. The van der Waals surface area contributed by atoms with Gasteiger partial charge < -0.3 is 16.0 Å². The Morgan fingerprint density at radius 1 is 1.05 bits per heavy atom. The Bertz CT molecular complexity index is 562. The van der Waals surface area contributed by atoms with Crippen molar-refractivity contribution in [3.8, 4) is 0 Å². The average molecular weight is 305 g/mol. The van der Waals surface area contributed by atoms with Gasteiger partial charge in [-0.1, -0.05) is 26.8 Å². The Labute approximate surface area is 130 Å². The van der Waals surface area contributed by atoms with E-state index in [0.29, 0.717) is 24.3 Å². The molecule has 120 valence electrons. The number of benzene rings is 1. The van der Waals surface area contributed by atoms with Gasteiger partial charge in [-0.15, -0.1) is 0 Å². The summed E-state index contributed by atoms with van der Waals surface area (Å²) in [6, 6.07) is 6.73. The molecule has 0 aliphatic heterocycles. The third kappa shape index (κ3) is 5.95. The molecular formula is C16H23N3O3. The fraction of sp³-hybridized carbons (Fsp3) is 0.438. The Morgan fingerprint density at radius 2 is 1.68 bits per heavy atom. The molecule has 0 unspecified atom stereocenters. The summed E-state index contributed by atoms with van der Waals surface area (Å²) in [6.45, 7) is 7.60. The highest BCUT2D eigenvalue weighted by Gasteiger charge is 2.21. The summed E-state index contributed by atoms with van der Waals surface area (Å²) >= 11 is 0. The molecule has 0 bridgehead atoms. The summed E-state index contributed by atoms with van der Waals surface area (Å²) in [5, 5.41) is 8.08. The van der Waals surface area contributed by atoms with Crippen LogP contribution in [0.2, 0.25) is 0 Å². The lowest BCUT2D eigenvalue weighted by molar-refractivity contribution is -0.123. The smallest absolute Gasteiger partial charge is 0.251 e. The van der Waals surface area contributed by atoms with E-state index in [9.17, 15) is 14.4 Å². The van der Waals surface area contributed by atoms with E-state index >= 15 is 0 Å². The minimum absolute atomic E-state index is 0.115. The summed E-state index contributed by atoms with van der Waals surface area (Å²) < 4.78 is 0. The van der Waals surface area contributed by atoms with E-state index in [4.69, 9.17) is 0 Å². The number of rotatable bonds is 5. The maximum absolute atomic E-state index is 12.0. The Kier molecular flexibility index (Phi) is 6.10. The quantitative estimate of drug-likeness (QED) is 0.721. The van der Waals surface area contributed by atoms with Crippen molar-refractivity contribution in [1.29, 1.82) is 0 Å². The first kappa shape index (κ1) is 17.7. The Hall–Kier alpha value is -2.37. The molecule has 0 fully saturated rings. The van der Waals surface area contributed by atoms with Gasteiger partial charge in [0.05, 0.1) is 0 Å². The van der Waals surface area contributed by atoms with E-state index in [0.717, 1.165) is 0 Å². The molecule has 0 atom stereocenters. The van der Waals surface area contributed by atoms with E-state index in [2.05, 4.69) is 16.0 Å². The molecule has 1 aromatic rings. The lowest BCUT2D eigenvalue weighted by Crippen LogP contribution is -2.33. The van der Waals surface area contributed by atoms with Gasteiger partial charge in [-0.3, -0.25) is 14.4 Å². The molecule has 1 aromatic carbocycles. The molecule has 0 radical (unpaired) electrons. The lowest BCUT2D eigenvalue weighted by atomic mass is 9.95. The fourth-order valence-corrected chi connectivity index (χ4v) is 1.57. The molecule has 0 heterocycles. The van der Waals surface area contributed by atoms with E-state index in [1.807, 2.05) is 20.8 Å². The second kappa shape index (κ2) is 7.59. The van der Waals surface area contributed by atoms with Crippen molar-refractivity contribution in [3.63, 3.8) is 0 Å². The number of hydrogen-bond acceptors (Lipinski definition) is 3. The summed E-state index contributed by atoms with van der Waals surface area (Å²) in [4.78, 5) is 34.6. The molecule has 6 nitrogen and oxygen atoms in total. The minimum Gasteiger partial charge on any atom is -0.355 e. The monoisotopic (exact) mass is 305 g/mol. The molecule has 6 heteroatoms. The minimum atomic E-state index is -0.503. The van der Waals surface area contributed by atoms with Crippen molar-refractivity contribution in [2.24, 2.45) is 5.41 Å². The van der Waals surface area contributed by atoms with Crippen LogP contribution in [0.5, 0.6) is 0 Å². The molecule has 3 N–H and O–H groups in total. The summed E-state index contributed by atoms with van der Waals surface area (Å²) in [7, 11) is 0. The van der Waals surface area contributed by atoms with Crippen LogP contribution in [0, 0.1) is 5.41 Å². The second-order valence-electron chi connectivity index (χ2n) is 6.02. The van der Waals surface area contributed by atoms with Gasteiger partial charge in [-0.25, -0.2) is 0 Å². The molecule has 0 saturated carbocycles. The molecule has 0 saturated heterocycles. The normalized spacial score (nSPS) is 10.7. The van der Waals surface area contributed by atoms with E-state index in [1.165, 1.54) is 6.92 Å². The highest BCUT2D eigenvalue weighted by molar-refractivity contribution is 5.98. The molecule has 0 spiro atoms. The van der Waals surface area contributed by atoms with Gasteiger partial charge >= 0.3 is 0 Å². The van der Waals surface area contributed by atoms with Crippen LogP contribution in [0.25, 0.3) is 0 Å². The first-order valence-corrected chi connectivity index (χ1v) is 7.14. The van der Waals surface area contributed by atoms with Gasteiger partial charge in [0.25, 0.3) is 5.91 Å². The SMILES string of the molecule is CC(=O)NCCNC(=O)c1cccc(NC(=O)C(C)(C)C)c1. The van der Waals surface area contributed by atoms with Gasteiger partial charge in [0, 0.05) is 36.7 Å². The second-order valence-corrected chi connectivity index (χ2v) is 6.02. The average Bonchev–Trinajstić information content (AvgIpc) is 2.42. The number of anilines is 1. The van der Waals surface area contributed by atoms with E-state index in [1.54, 1.807) is 24.3 Å². The molecule has 22 heavy (non-hydrogen) atoms. The number of nitrogens with one attached hydrogen (secondary N) is 3. The van der Waals surface area contributed by atoms with Crippen LogP contribution in [-0.2, 0) is 9.59 Å². The molecule has 1 rings (SSSR count). The number of amides is 3. The van der Waals surface area contributed by atoms with E-state index in [-0.39, 0.29) is 17.7 Å². The predicted octanol–water partition coefficient (Wildman–Crippen LogP) is 1.54. The van der Waals surface area contributed by atoms with Gasteiger partial charge in [0.2, 0.25) is 11.8 Å². The molecule has 0 aliphatic rings. The van der Waals surface area contributed by atoms with Crippen molar-refractivity contribution in [2.75, 3.05) is 18.4 Å². The highest BCUT2D eigenvalue weighted by Crippen LogP contribution is 2.18. The van der Waals surface area contributed by atoms with Gasteiger partial charge in [-0.05, 0) is 18.2 Å². The highest BCUT2D eigenvalue weighted by atomic mass is 16.2. The Morgan fingerprint density at radius 3 is 2.27 bits per heavy atom. The Balaban J connectivity index is 2.61. The van der Waals surface area contributed by atoms with Crippen LogP contribution in [-0.4, -0.2) is 30.8 Å². The first-order chi connectivity index (χ1) is 10.2. The zero-order chi connectivity index (χ0) is 16.8. The van der Waals surface area contributed by atoms with E-state index < -0.39 is 5.41 Å². The number of carbonyl (C=O) groups is 3. The zero-order valence-electron chi connectivity index (χ0n) is 13.4. The van der Waals surface area contributed by atoms with Crippen molar-refractivity contribution < 1.29 is 14.4 Å². The van der Waals surface area contributed by atoms with Gasteiger partial charge in [-0.2, -0.15) is 0 Å². The molecule has 0 aromatic heterocycles. The third-order valence-electron chi connectivity index (χ3n) is 2.85. The van der Waals surface area contributed by atoms with Crippen LogP contribution in [0.1, 0.15) is 38.1 Å². The molecule has 3 amide bonds. The van der Waals surface area contributed by atoms with Gasteiger partial charge in [0.1, 0.15) is 0 Å². The summed E-state index contributed by atoms with van der Waals surface area (Å²) in [5.74, 6) is -0.505. The number of carbonyl (C=O) groups excluding carboxylic acids is 3. The largest absolute Gasteiger partial charge is 0.355 e. The van der Waals surface area contributed by atoms with Crippen LogP contribution in [0.15, 0.2) is 24.3 Å².